The van der Waals surface area contributed by atoms with Gasteiger partial charge in [0.05, 0.1) is 23.6 Å². The van der Waals surface area contributed by atoms with E-state index in [2.05, 4.69) is 10.6 Å². The lowest BCUT2D eigenvalue weighted by atomic mass is 10.1. The fourth-order valence-corrected chi connectivity index (χ4v) is 3.04. The van der Waals surface area contributed by atoms with Crippen molar-refractivity contribution in [3.63, 3.8) is 0 Å². The van der Waals surface area contributed by atoms with Gasteiger partial charge >= 0.3 is 5.97 Å². The van der Waals surface area contributed by atoms with E-state index in [-0.39, 0.29) is 30.2 Å². The lowest BCUT2D eigenvalue weighted by Gasteiger charge is -2.23. The number of likely N-dealkylation sites (N-methyl/N-ethyl adjacent to an activating group) is 1. The van der Waals surface area contributed by atoms with Crippen LogP contribution in [0.25, 0.3) is 0 Å². The zero-order valence-electron chi connectivity index (χ0n) is 16.1. The molecular formula is C18H22N4O7. The Balaban J connectivity index is 2.11. The van der Waals surface area contributed by atoms with Gasteiger partial charge in [0.1, 0.15) is 6.04 Å². The number of nitro groups is 1. The molecule has 1 fully saturated rings. The van der Waals surface area contributed by atoms with Gasteiger partial charge in [-0.15, -0.1) is 0 Å². The van der Waals surface area contributed by atoms with E-state index in [4.69, 9.17) is 4.74 Å². The molecule has 0 spiro atoms. The van der Waals surface area contributed by atoms with Gasteiger partial charge in [0.15, 0.2) is 0 Å². The summed E-state index contributed by atoms with van der Waals surface area (Å²) in [5, 5.41) is 16.0. The molecule has 1 aliphatic rings. The van der Waals surface area contributed by atoms with E-state index in [0.29, 0.717) is 19.4 Å². The molecular weight excluding hydrogens is 384 g/mol. The van der Waals surface area contributed by atoms with Gasteiger partial charge < -0.3 is 20.3 Å². The molecule has 1 aliphatic heterocycles. The van der Waals surface area contributed by atoms with Gasteiger partial charge in [-0.3, -0.25) is 24.5 Å². The van der Waals surface area contributed by atoms with Crippen LogP contribution in [0.2, 0.25) is 0 Å². The summed E-state index contributed by atoms with van der Waals surface area (Å²) in [7, 11) is 1.48. The van der Waals surface area contributed by atoms with E-state index in [1.165, 1.54) is 11.9 Å². The maximum absolute atomic E-state index is 12.4. The third-order valence-electron chi connectivity index (χ3n) is 4.42. The van der Waals surface area contributed by atoms with Gasteiger partial charge in [0.25, 0.3) is 11.6 Å². The summed E-state index contributed by atoms with van der Waals surface area (Å²) in [6.45, 7) is 1.67. The van der Waals surface area contributed by atoms with Gasteiger partial charge in [-0.05, 0) is 25.8 Å². The molecule has 1 atom stereocenters. The number of hydrogen-bond donors (Lipinski definition) is 2. The van der Waals surface area contributed by atoms with Crippen molar-refractivity contribution in [2.24, 2.45) is 0 Å². The molecule has 0 saturated carbocycles. The van der Waals surface area contributed by atoms with E-state index in [9.17, 15) is 29.3 Å². The number of benzene rings is 1. The van der Waals surface area contributed by atoms with Crippen molar-refractivity contribution in [1.82, 2.24) is 15.5 Å². The van der Waals surface area contributed by atoms with E-state index >= 15 is 0 Å². The topological polar surface area (TPSA) is 148 Å². The highest BCUT2D eigenvalue weighted by Gasteiger charge is 2.33. The Bertz CT molecular complexity index is 839. The first kappa shape index (κ1) is 21.8. The zero-order chi connectivity index (χ0) is 21.6. The number of nitro benzene ring substituents is 1. The van der Waals surface area contributed by atoms with Gasteiger partial charge in [-0.1, -0.05) is 0 Å². The van der Waals surface area contributed by atoms with Gasteiger partial charge in [0, 0.05) is 31.3 Å². The first-order valence-electron chi connectivity index (χ1n) is 9.04. The molecule has 1 unspecified atom stereocenters. The number of carbonyl (C=O) groups is 4. The number of likely N-dealkylation sites (tertiary alicyclic amines) is 1. The first-order valence-corrected chi connectivity index (χ1v) is 9.04. The predicted molar refractivity (Wildman–Crippen MR) is 100 cm³/mol. The van der Waals surface area contributed by atoms with Gasteiger partial charge in [-0.25, -0.2) is 4.79 Å². The summed E-state index contributed by atoms with van der Waals surface area (Å²) in [6, 6.07) is 2.59. The molecule has 29 heavy (non-hydrogen) atoms. The number of carbonyl (C=O) groups excluding carboxylic acids is 4. The minimum atomic E-state index is -0.799. The van der Waals surface area contributed by atoms with Crippen molar-refractivity contribution in [3.8, 4) is 0 Å². The highest BCUT2D eigenvalue weighted by Crippen LogP contribution is 2.19. The number of esters is 1. The third-order valence-corrected chi connectivity index (χ3v) is 4.42. The van der Waals surface area contributed by atoms with E-state index in [0.717, 1.165) is 18.2 Å². The van der Waals surface area contributed by atoms with E-state index in [1.54, 1.807) is 6.92 Å². The Morgan fingerprint density at radius 1 is 1.24 bits per heavy atom. The SMILES string of the molecule is CCOC(=O)c1cc(C(=O)NCC(=O)N2CCCC2C(=O)NC)cc([N+](=O)[O-])c1. The number of amides is 3. The van der Waals surface area contributed by atoms with Crippen LogP contribution in [0.4, 0.5) is 5.69 Å². The molecule has 2 N–H and O–H groups in total. The predicted octanol–water partition coefficient (Wildman–Crippen LogP) is 0.238. The van der Waals surface area contributed by atoms with Crippen molar-refractivity contribution in [3.05, 3.63) is 39.4 Å². The molecule has 11 nitrogen and oxygen atoms in total. The summed E-state index contributed by atoms with van der Waals surface area (Å²) in [6.07, 6.45) is 1.21. The number of ether oxygens (including phenoxy) is 1. The van der Waals surface area contributed by atoms with Crippen LogP contribution in [0.1, 0.15) is 40.5 Å². The molecule has 1 heterocycles. The van der Waals surface area contributed by atoms with Crippen LogP contribution in [0, 0.1) is 10.1 Å². The van der Waals surface area contributed by atoms with Crippen LogP contribution >= 0.6 is 0 Å². The highest BCUT2D eigenvalue weighted by molar-refractivity contribution is 6.00. The highest BCUT2D eigenvalue weighted by atomic mass is 16.6. The van der Waals surface area contributed by atoms with Crippen LogP contribution in [-0.2, 0) is 14.3 Å². The smallest absolute Gasteiger partial charge is 0.338 e. The molecule has 0 radical (unpaired) electrons. The Morgan fingerprint density at radius 2 is 1.93 bits per heavy atom. The van der Waals surface area contributed by atoms with Crippen molar-refractivity contribution in [1.29, 1.82) is 0 Å². The Hall–Kier alpha value is -3.50. The molecule has 0 aliphatic carbocycles. The Kier molecular flexibility index (Phi) is 7.23. The summed E-state index contributed by atoms with van der Waals surface area (Å²) >= 11 is 0. The van der Waals surface area contributed by atoms with Crippen LogP contribution in [0.3, 0.4) is 0 Å². The molecule has 156 valence electrons. The number of nitrogens with zero attached hydrogens (tertiary/aromatic N) is 2. The Morgan fingerprint density at radius 3 is 2.55 bits per heavy atom. The standard InChI is InChI=1S/C18H22N4O7/c1-3-29-18(26)12-7-11(8-13(9-12)22(27)28)16(24)20-10-15(23)21-6-4-5-14(21)17(25)19-2/h7-9,14H,3-6,10H2,1-2H3,(H,19,25)(H,20,24). The maximum Gasteiger partial charge on any atom is 0.338 e. The minimum Gasteiger partial charge on any atom is -0.462 e. The Labute approximate surface area is 166 Å². The van der Waals surface area contributed by atoms with Gasteiger partial charge in [-0.2, -0.15) is 0 Å². The fraction of sp³-hybridized carbons (Fsp3) is 0.444. The second-order valence-corrected chi connectivity index (χ2v) is 6.29. The molecule has 0 bridgehead atoms. The molecule has 0 aromatic heterocycles. The second kappa shape index (κ2) is 9.62. The van der Waals surface area contributed by atoms with Crippen molar-refractivity contribution in [2.75, 3.05) is 26.7 Å². The van der Waals surface area contributed by atoms with Crippen molar-refractivity contribution >= 4 is 29.4 Å². The maximum atomic E-state index is 12.4. The van der Waals surface area contributed by atoms with Crippen LogP contribution < -0.4 is 10.6 Å². The lowest BCUT2D eigenvalue weighted by molar-refractivity contribution is -0.384. The fourth-order valence-electron chi connectivity index (χ4n) is 3.04. The molecule has 11 heteroatoms. The summed E-state index contributed by atoms with van der Waals surface area (Å²) in [5.41, 5.74) is -0.748. The van der Waals surface area contributed by atoms with Crippen molar-refractivity contribution < 1.29 is 28.8 Å². The monoisotopic (exact) mass is 406 g/mol. The van der Waals surface area contributed by atoms with E-state index < -0.39 is 34.4 Å². The van der Waals surface area contributed by atoms with Crippen LogP contribution in [0.5, 0.6) is 0 Å². The first-order chi connectivity index (χ1) is 13.8. The van der Waals surface area contributed by atoms with Gasteiger partial charge in [0.2, 0.25) is 11.8 Å². The number of hydrogen-bond acceptors (Lipinski definition) is 7. The molecule has 1 aromatic rings. The van der Waals surface area contributed by atoms with E-state index in [1.807, 2.05) is 0 Å². The normalized spacial score (nSPS) is 15.5. The summed E-state index contributed by atoms with van der Waals surface area (Å²) in [4.78, 5) is 60.3. The number of non-ortho nitro benzene ring substituents is 1. The summed E-state index contributed by atoms with van der Waals surface area (Å²) in [5.74, 6) is -2.28. The number of nitrogens with one attached hydrogen (secondary N) is 2. The minimum absolute atomic E-state index is 0.0693. The largest absolute Gasteiger partial charge is 0.462 e. The third kappa shape index (κ3) is 5.27. The average molecular weight is 406 g/mol. The molecule has 1 saturated heterocycles. The zero-order valence-corrected chi connectivity index (χ0v) is 16.1. The lowest BCUT2D eigenvalue weighted by Crippen LogP contribution is -2.48. The molecule has 3 amide bonds. The average Bonchev–Trinajstić information content (AvgIpc) is 3.20. The number of rotatable bonds is 7. The van der Waals surface area contributed by atoms with Crippen LogP contribution in [-0.4, -0.2) is 66.3 Å². The van der Waals surface area contributed by atoms with Crippen LogP contribution in [0.15, 0.2) is 18.2 Å². The van der Waals surface area contributed by atoms with Crippen molar-refractivity contribution in [2.45, 2.75) is 25.8 Å². The quantitative estimate of drug-likeness (QED) is 0.374. The summed E-state index contributed by atoms with van der Waals surface area (Å²) < 4.78 is 4.82. The molecule has 2 rings (SSSR count). The second-order valence-electron chi connectivity index (χ2n) is 6.29. The molecule has 1 aromatic carbocycles.